The molecule has 0 aliphatic rings. The third-order valence-corrected chi connectivity index (χ3v) is 1.28. The number of pyridine rings is 1. The van der Waals surface area contributed by atoms with Crippen LogP contribution in [0.25, 0.3) is 10.4 Å². The van der Waals surface area contributed by atoms with Gasteiger partial charge in [0.25, 0.3) is 0 Å². The first-order chi connectivity index (χ1) is 5.84. The standard InChI is InChI=1S/C7H6N4O/c8-11-10-5-7(12)6-1-3-9-4-2-6/h1-4H,5H2. The summed E-state index contributed by atoms with van der Waals surface area (Å²) in [6.45, 7) is -0.138. The lowest BCUT2D eigenvalue weighted by molar-refractivity contribution is 0.100. The average Bonchev–Trinajstić information content (AvgIpc) is 2.15. The number of Topliss-reactive ketones (excluding diaryl/α,β-unsaturated/α-hetero) is 1. The highest BCUT2D eigenvalue weighted by Gasteiger charge is 2.01. The SMILES string of the molecule is [N-]=[N+]=NCC(=O)c1ccncc1. The van der Waals surface area contributed by atoms with Gasteiger partial charge in [0.05, 0.1) is 6.54 Å². The summed E-state index contributed by atoms with van der Waals surface area (Å²) in [7, 11) is 0. The first-order valence-corrected chi connectivity index (χ1v) is 3.28. The topological polar surface area (TPSA) is 78.7 Å². The van der Waals surface area contributed by atoms with Crippen molar-refractivity contribution in [2.24, 2.45) is 5.11 Å². The van der Waals surface area contributed by atoms with Gasteiger partial charge >= 0.3 is 0 Å². The zero-order valence-electron chi connectivity index (χ0n) is 6.21. The summed E-state index contributed by atoms with van der Waals surface area (Å²) in [5.74, 6) is -0.199. The molecule has 1 aromatic rings. The molecular formula is C7H6N4O. The third kappa shape index (κ3) is 2.07. The van der Waals surface area contributed by atoms with Crippen molar-refractivity contribution in [1.29, 1.82) is 0 Å². The van der Waals surface area contributed by atoms with E-state index in [-0.39, 0.29) is 12.3 Å². The maximum atomic E-state index is 11.1. The fourth-order valence-corrected chi connectivity index (χ4v) is 0.725. The van der Waals surface area contributed by atoms with Crippen LogP contribution < -0.4 is 0 Å². The number of azide groups is 1. The molecule has 5 heteroatoms. The lowest BCUT2D eigenvalue weighted by Crippen LogP contribution is -2.01. The highest BCUT2D eigenvalue weighted by atomic mass is 16.1. The Morgan fingerprint density at radius 1 is 1.58 bits per heavy atom. The molecule has 0 amide bonds. The second kappa shape index (κ2) is 4.10. The molecule has 60 valence electrons. The molecule has 0 saturated heterocycles. The predicted molar refractivity (Wildman–Crippen MR) is 42.6 cm³/mol. The summed E-state index contributed by atoms with van der Waals surface area (Å²) >= 11 is 0. The van der Waals surface area contributed by atoms with E-state index in [2.05, 4.69) is 15.0 Å². The van der Waals surface area contributed by atoms with Crippen molar-refractivity contribution in [3.05, 3.63) is 40.5 Å². The van der Waals surface area contributed by atoms with Crippen molar-refractivity contribution in [2.45, 2.75) is 0 Å². The minimum Gasteiger partial charge on any atom is -0.294 e. The van der Waals surface area contributed by atoms with Gasteiger partial charge in [-0.1, -0.05) is 5.11 Å². The number of rotatable bonds is 3. The molecule has 5 nitrogen and oxygen atoms in total. The summed E-state index contributed by atoms with van der Waals surface area (Å²) in [5, 5.41) is 3.16. The second-order valence-electron chi connectivity index (χ2n) is 2.05. The Bertz CT molecular complexity index is 315. The Kier molecular flexibility index (Phi) is 2.81. The molecule has 0 N–H and O–H groups in total. The monoisotopic (exact) mass is 162 g/mol. The van der Waals surface area contributed by atoms with Crippen LogP contribution in [0.1, 0.15) is 10.4 Å². The Morgan fingerprint density at radius 3 is 2.83 bits per heavy atom. The number of hydrogen-bond donors (Lipinski definition) is 0. The van der Waals surface area contributed by atoms with E-state index in [1.54, 1.807) is 12.1 Å². The number of carbonyl (C=O) groups excluding carboxylic acids is 1. The van der Waals surface area contributed by atoms with E-state index in [1.807, 2.05) is 0 Å². The molecule has 0 spiro atoms. The Hall–Kier alpha value is -1.87. The predicted octanol–water partition coefficient (Wildman–Crippen LogP) is 1.57. The maximum Gasteiger partial charge on any atom is 0.168 e. The van der Waals surface area contributed by atoms with Crippen LogP contribution in [0.2, 0.25) is 0 Å². The van der Waals surface area contributed by atoms with Gasteiger partial charge in [-0.15, -0.1) is 0 Å². The van der Waals surface area contributed by atoms with Crippen LogP contribution in [0, 0.1) is 0 Å². The molecule has 1 aromatic heterocycles. The smallest absolute Gasteiger partial charge is 0.168 e. The maximum absolute atomic E-state index is 11.1. The molecule has 0 aliphatic carbocycles. The van der Waals surface area contributed by atoms with Crippen molar-refractivity contribution in [3.63, 3.8) is 0 Å². The van der Waals surface area contributed by atoms with Gasteiger partial charge < -0.3 is 0 Å². The highest BCUT2D eigenvalue weighted by molar-refractivity contribution is 5.97. The van der Waals surface area contributed by atoms with Crippen LogP contribution in [0.15, 0.2) is 29.6 Å². The molecular weight excluding hydrogens is 156 g/mol. The van der Waals surface area contributed by atoms with Gasteiger partial charge in [0.1, 0.15) is 0 Å². The zero-order valence-corrected chi connectivity index (χ0v) is 6.21. The van der Waals surface area contributed by atoms with Gasteiger partial charge in [-0.3, -0.25) is 9.78 Å². The van der Waals surface area contributed by atoms with Crippen molar-refractivity contribution >= 4 is 5.78 Å². The second-order valence-corrected chi connectivity index (χ2v) is 2.05. The molecule has 0 atom stereocenters. The summed E-state index contributed by atoms with van der Waals surface area (Å²) < 4.78 is 0. The molecule has 0 fully saturated rings. The minimum absolute atomic E-state index is 0.138. The first-order valence-electron chi connectivity index (χ1n) is 3.28. The quantitative estimate of drug-likeness (QED) is 0.292. The Balaban J connectivity index is 2.72. The van der Waals surface area contributed by atoms with Gasteiger partial charge in [-0.25, -0.2) is 0 Å². The van der Waals surface area contributed by atoms with E-state index in [4.69, 9.17) is 5.53 Å². The lowest BCUT2D eigenvalue weighted by atomic mass is 10.2. The number of aromatic nitrogens is 1. The van der Waals surface area contributed by atoms with Crippen LogP contribution >= 0.6 is 0 Å². The largest absolute Gasteiger partial charge is 0.294 e. The molecule has 0 radical (unpaired) electrons. The summed E-state index contributed by atoms with van der Waals surface area (Å²) in [5.41, 5.74) is 8.47. The van der Waals surface area contributed by atoms with Crippen LogP contribution in [-0.4, -0.2) is 17.3 Å². The molecule has 0 aromatic carbocycles. The van der Waals surface area contributed by atoms with Crippen molar-refractivity contribution in [1.82, 2.24) is 4.98 Å². The number of carbonyl (C=O) groups is 1. The molecule has 0 bridgehead atoms. The van der Waals surface area contributed by atoms with Crippen LogP contribution in [0.5, 0.6) is 0 Å². The number of ketones is 1. The molecule has 0 unspecified atom stereocenters. The summed E-state index contributed by atoms with van der Waals surface area (Å²) in [6, 6.07) is 3.16. The van der Waals surface area contributed by atoms with Gasteiger partial charge in [0, 0.05) is 22.9 Å². The third-order valence-electron chi connectivity index (χ3n) is 1.28. The van der Waals surface area contributed by atoms with E-state index >= 15 is 0 Å². The lowest BCUT2D eigenvalue weighted by Gasteiger charge is -1.93. The van der Waals surface area contributed by atoms with E-state index in [9.17, 15) is 4.79 Å². The van der Waals surface area contributed by atoms with Gasteiger partial charge in [-0.2, -0.15) is 0 Å². The van der Waals surface area contributed by atoms with Crippen LogP contribution in [-0.2, 0) is 0 Å². The molecule has 0 saturated carbocycles. The number of hydrogen-bond acceptors (Lipinski definition) is 3. The zero-order chi connectivity index (χ0) is 8.81. The fourth-order valence-electron chi connectivity index (χ4n) is 0.725. The molecule has 0 aliphatic heterocycles. The Labute approximate surface area is 68.7 Å². The summed E-state index contributed by atoms with van der Waals surface area (Å²) in [4.78, 5) is 17.4. The van der Waals surface area contributed by atoms with Crippen LogP contribution in [0.4, 0.5) is 0 Å². The van der Waals surface area contributed by atoms with E-state index in [1.165, 1.54) is 12.4 Å². The fraction of sp³-hybridized carbons (Fsp3) is 0.143. The van der Waals surface area contributed by atoms with E-state index < -0.39 is 0 Å². The average molecular weight is 162 g/mol. The number of nitrogens with zero attached hydrogens (tertiary/aromatic N) is 4. The van der Waals surface area contributed by atoms with Crippen LogP contribution in [0.3, 0.4) is 0 Å². The van der Waals surface area contributed by atoms with Gasteiger partial charge in [-0.05, 0) is 17.7 Å². The first kappa shape index (κ1) is 8.23. The van der Waals surface area contributed by atoms with Crippen molar-refractivity contribution < 1.29 is 4.79 Å². The molecule has 1 heterocycles. The van der Waals surface area contributed by atoms with Gasteiger partial charge in [0.2, 0.25) is 0 Å². The van der Waals surface area contributed by atoms with Crippen molar-refractivity contribution in [2.75, 3.05) is 6.54 Å². The van der Waals surface area contributed by atoms with Crippen molar-refractivity contribution in [3.8, 4) is 0 Å². The molecule has 1 rings (SSSR count). The molecule has 12 heavy (non-hydrogen) atoms. The minimum atomic E-state index is -0.199. The summed E-state index contributed by atoms with van der Waals surface area (Å²) in [6.07, 6.45) is 3.03. The normalized spacial score (nSPS) is 8.67. The van der Waals surface area contributed by atoms with E-state index in [0.29, 0.717) is 5.56 Å². The van der Waals surface area contributed by atoms with E-state index in [0.717, 1.165) is 0 Å². The van der Waals surface area contributed by atoms with Gasteiger partial charge in [0.15, 0.2) is 5.78 Å². The highest BCUT2D eigenvalue weighted by Crippen LogP contribution is 1.97. The Morgan fingerprint density at radius 2 is 2.25 bits per heavy atom.